The first-order valence-corrected chi connectivity index (χ1v) is 13.0. The van der Waals surface area contributed by atoms with E-state index in [2.05, 4.69) is 4.90 Å². The molecule has 3 aliphatic carbocycles. The van der Waals surface area contributed by atoms with Gasteiger partial charge in [0.25, 0.3) is 11.8 Å². The Morgan fingerprint density at radius 3 is 2.42 bits per heavy atom. The molecule has 186 valence electrons. The van der Waals surface area contributed by atoms with Crippen LogP contribution in [0.3, 0.4) is 0 Å². The molecule has 0 radical (unpaired) electrons. The van der Waals surface area contributed by atoms with Crippen LogP contribution in [0.25, 0.3) is 0 Å². The number of carbonyl (C=O) groups excluding carboxylic acids is 2. The van der Waals surface area contributed by atoms with E-state index in [-0.39, 0.29) is 23.3 Å². The summed E-state index contributed by atoms with van der Waals surface area (Å²) in [6.07, 6.45) is 1.96. The SMILES string of the molecule is O=C1c2ccccc2C(=O)N1[C@@H]1CC[C@@]2(O)[C@@H]3[C@@H](O)c4ccc(O)c5c4[C@@]2(CCN3CC2CC2)[C@H]1O5. The number of rotatable bonds is 3. The van der Waals surface area contributed by atoms with Crippen LogP contribution in [0.1, 0.15) is 70.1 Å². The lowest BCUT2D eigenvalue weighted by Gasteiger charge is -2.65. The number of ether oxygens (including phenoxy) is 1. The van der Waals surface area contributed by atoms with Gasteiger partial charge in [0.05, 0.1) is 40.3 Å². The molecule has 0 aromatic heterocycles. The van der Waals surface area contributed by atoms with E-state index in [1.807, 2.05) is 0 Å². The van der Waals surface area contributed by atoms with Crippen LogP contribution < -0.4 is 4.74 Å². The molecular weight excluding hydrogens is 460 g/mol. The molecule has 8 nitrogen and oxygen atoms in total. The number of piperidine rings is 1. The molecule has 8 heteroatoms. The molecule has 2 aromatic carbocycles. The zero-order valence-corrected chi connectivity index (χ0v) is 19.8. The van der Waals surface area contributed by atoms with Crippen molar-refractivity contribution >= 4 is 11.8 Å². The molecule has 3 N–H and O–H groups in total. The standard InChI is InChI=1S/C28H28N2O6/c31-19-8-7-17-20-22(19)36-24-18(30-25(33)15-3-1-2-4-16(15)26(30)34)9-10-28(35)23(21(17)32)29(13-14-5-6-14)12-11-27(20,24)28/h1-4,7-8,14,18,21,23-24,31-32,35H,5-6,9-13H2/t18-,21+,23+,24+,27+,28-/m1/s1. The van der Waals surface area contributed by atoms with Crippen molar-refractivity contribution in [2.45, 2.75) is 67.4 Å². The zero-order chi connectivity index (χ0) is 24.6. The van der Waals surface area contributed by atoms with E-state index in [0.717, 1.165) is 6.54 Å². The summed E-state index contributed by atoms with van der Waals surface area (Å²) >= 11 is 0. The summed E-state index contributed by atoms with van der Waals surface area (Å²) in [6, 6.07) is 9.02. The highest BCUT2D eigenvalue weighted by molar-refractivity contribution is 6.21. The van der Waals surface area contributed by atoms with Gasteiger partial charge in [0.1, 0.15) is 6.10 Å². The van der Waals surface area contributed by atoms with Gasteiger partial charge in [-0.25, -0.2) is 0 Å². The third-order valence-electron chi connectivity index (χ3n) is 9.93. The number of imide groups is 1. The highest BCUT2D eigenvalue weighted by Crippen LogP contribution is 2.68. The highest BCUT2D eigenvalue weighted by Gasteiger charge is 2.75. The summed E-state index contributed by atoms with van der Waals surface area (Å²) in [4.78, 5) is 30.5. The number of carbonyl (C=O) groups is 2. The predicted molar refractivity (Wildman–Crippen MR) is 127 cm³/mol. The van der Waals surface area contributed by atoms with Crippen molar-refractivity contribution in [2.75, 3.05) is 13.1 Å². The van der Waals surface area contributed by atoms with Crippen LogP contribution in [0.5, 0.6) is 11.5 Å². The molecule has 3 aliphatic heterocycles. The van der Waals surface area contributed by atoms with Gasteiger partial charge in [0.15, 0.2) is 11.5 Å². The maximum atomic E-state index is 13.5. The number of amides is 2. The minimum absolute atomic E-state index is 0.0490. The lowest BCUT2D eigenvalue weighted by atomic mass is 9.47. The lowest BCUT2D eigenvalue weighted by Crippen LogP contribution is -2.79. The second kappa shape index (κ2) is 6.68. The number of phenolic OH excluding ortho intramolecular Hbond substituents is 1. The number of hydrogen-bond acceptors (Lipinski definition) is 7. The number of phenols is 1. The quantitative estimate of drug-likeness (QED) is 0.568. The van der Waals surface area contributed by atoms with Crippen LogP contribution in [0.2, 0.25) is 0 Å². The van der Waals surface area contributed by atoms with Gasteiger partial charge in [-0.2, -0.15) is 0 Å². The molecule has 8 rings (SSSR count). The topological polar surface area (TPSA) is 111 Å². The fourth-order valence-electron chi connectivity index (χ4n) is 8.29. The molecule has 36 heavy (non-hydrogen) atoms. The average Bonchev–Trinajstić information content (AvgIpc) is 3.56. The van der Waals surface area contributed by atoms with Crippen LogP contribution in [0.15, 0.2) is 36.4 Å². The van der Waals surface area contributed by atoms with Crippen molar-refractivity contribution in [2.24, 2.45) is 5.92 Å². The van der Waals surface area contributed by atoms with E-state index in [0.29, 0.717) is 54.0 Å². The van der Waals surface area contributed by atoms with Crippen LogP contribution >= 0.6 is 0 Å². The number of aliphatic hydroxyl groups is 2. The maximum Gasteiger partial charge on any atom is 0.261 e. The lowest BCUT2D eigenvalue weighted by molar-refractivity contribution is -0.220. The van der Waals surface area contributed by atoms with Gasteiger partial charge in [-0.15, -0.1) is 0 Å². The molecule has 2 saturated carbocycles. The van der Waals surface area contributed by atoms with Crippen molar-refractivity contribution in [3.05, 3.63) is 58.7 Å². The first kappa shape index (κ1) is 21.2. The van der Waals surface area contributed by atoms with Crippen LogP contribution in [-0.2, 0) is 5.41 Å². The molecule has 0 unspecified atom stereocenters. The largest absolute Gasteiger partial charge is 0.504 e. The number of hydrogen-bond donors (Lipinski definition) is 3. The number of aromatic hydroxyl groups is 1. The molecule has 6 aliphatic rings. The molecule has 2 bridgehead atoms. The molecule has 2 amide bonds. The van der Waals surface area contributed by atoms with E-state index >= 15 is 0 Å². The van der Waals surface area contributed by atoms with E-state index in [1.54, 1.807) is 30.3 Å². The van der Waals surface area contributed by atoms with Gasteiger partial charge >= 0.3 is 0 Å². The van der Waals surface area contributed by atoms with E-state index in [1.165, 1.54) is 23.8 Å². The van der Waals surface area contributed by atoms with Crippen molar-refractivity contribution in [1.29, 1.82) is 0 Å². The monoisotopic (exact) mass is 488 g/mol. The predicted octanol–water partition coefficient (Wildman–Crippen LogP) is 2.11. The Kier molecular flexibility index (Phi) is 3.93. The Bertz CT molecular complexity index is 1320. The molecule has 1 spiro atoms. The second-order valence-corrected chi connectivity index (χ2v) is 11.5. The Hall–Kier alpha value is -2.94. The second-order valence-electron chi connectivity index (χ2n) is 11.5. The number of likely N-dealkylation sites (tertiary alicyclic amines) is 1. The van der Waals surface area contributed by atoms with Gasteiger partial charge in [0.2, 0.25) is 0 Å². The van der Waals surface area contributed by atoms with E-state index in [9.17, 15) is 24.9 Å². The molecule has 2 aromatic rings. The highest BCUT2D eigenvalue weighted by atomic mass is 16.5. The van der Waals surface area contributed by atoms with Gasteiger partial charge in [0, 0.05) is 12.1 Å². The minimum atomic E-state index is -1.31. The van der Waals surface area contributed by atoms with Crippen molar-refractivity contribution in [1.82, 2.24) is 9.80 Å². The van der Waals surface area contributed by atoms with Crippen LogP contribution in [0, 0.1) is 5.92 Å². The zero-order valence-electron chi connectivity index (χ0n) is 19.8. The maximum absolute atomic E-state index is 13.5. The molecule has 3 fully saturated rings. The summed E-state index contributed by atoms with van der Waals surface area (Å²) < 4.78 is 6.49. The number of nitrogens with zero attached hydrogens (tertiary/aromatic N) is 2. The van der Waals surface area contributed by atoms with Crippen LogP contribution in [-0.4, -0.2) is 73.8 Å². The van der Waals surface area contributed by atoms with Gasteiger partial charge in [-0.3, -0.25) is 19.4 Å². The van der Waals surface area contributed by atoms with Gasteiger partial charge < -0.3 is 20.1 Å². The molecule has 6 atom stereocenters. The minimum Gasteiger partial charge on any atom is -0.504 e. The van der Waals surface area contributed by atoms with Crippen molar-refractivity contribution in [3.8, 4) is 11.5 Å². The van der Waals surface area contributed by atoms with Gasteiger partial charge in [-0.1, -0.05) is 18.2 Å². The molecule has 3 heterocycles. The van der Waals surface area contributed by atoms with Gasteiger partial charge in [-0.05, 0) is 68.3 Å². The van der Waals surface area contributed by atoms with Crippen molar-refractivity contribution in [3.63, 3.8) is 0 Å². The van der Waals surface area contributed by atoms with Crippen LogP contribution in [0.4, 0.5) is 0 Å². The Labute approximate surface area is 208 Å². The average molecular weight is 489 g/mol. The van der Waals surface area contributed by atoms with Crippen molar-refractivity contribution < 1.29 is 29.6 Å². The summed E-state index contributed by atoms with van der Waals surface area (Å²) in [7, 11) is 0. The summed E-state index contributed by atoms with van der Waals surface area (Å²) in [6.45, 7) is 1.51. The number of aliphatic hydroxyl groups excluding tert-OH is 1. The normalized spacial score (nSPS) is 38.1. The summed E-state index contributed by atoms with van der Waals surface area (Å²) in [5, 5.41) is 35.0. The molecule has 1 saturated heterocycles. The Balaban J connectivity index is 1.30. The first-order valence-electron chi connectivity index (χ1n) is 13.0. The smallest absolute Gasteiger partial charge is 0.261 e. The molecular formula is C28H28N2O6. The number of benzene rings is 2. The first-order chi connectivity index (χ1) is 17.4. The summed E-state index contributed by atoms with van der Waals surface area (Å²) in [5.41, 5.74) is -0.147. The Morgan fingerprint density at radius 1 is 1.00 bits per heavy atom. The third kappa shape index (κ3) is 2.28. The Morgan fingerprint density at radius 2 is 1.72 bits per heavy atom. The summed E-state index contributed by atoms with van der Waals surface area (Å²) in [5.74, 6) is 0.131. The van der Waals surface area contributed by atoms with E-state index < -0.39 is 35.3 Å². The number of fused-ring (bicyclic) bond motifs is 1. The fraction of sp³-hybridized carbons (Fsp3) is 0.500. The third-order valence-corrected chi connectivity index (χ3v) is 9.93. The van der Waals surface area contributed by atoms with E-state index in [4.69, 9.17) is 4.74 Å². The fourth-order valence-corrected chi connectivity index (χ4v) is 8.29.